The van der Waals surface area contributed by atoms with Crippen LogP contribution in [-0.4, -0.2) is 157 Å². The molecule has 444 valence electrons. The van der Waals surface area contributed by atoms with Gasteiger partial charge in [0.2, 0.25) is 11.8 Å². The molecule has 13 rings (SSSR count). The van der Waals surface area contributed by atoms with Gasteiger partial charge >= 0.3 is 0 Å². The second-order valence-corrected chi connectivity index (χ2v) is 24.6. The largest absolute Gasteiger partial charge is 0.494 e. The molecule has 5 fully saturated rings. The van der Waals surface area contributed by atoms with Crippen LogP contribution < -0.4 is 30.0 Å². The lowest BCUT2D eigenvalue weighted by Crippen LogP contribution is -2.50. The number of carbonyl (C=O) groups is 2. The third kappa shape index (κ3) is 9.58. The van der Waals surface area contributed by atoms with E-state index in [-0.39, 0.29) is 67.3 Å². The Morgan fingerprint density at radius 3 is 1.70 bits per heavy atom. The Bertz CT molecular complexity index is 3850. The van der Waals surface area contributed by atoms with Crippen LogP contribution in [0.2, 0.25) is 0 Å². The van der Waals surface area contributed by atoms with Gasteiger partial charge in [-0.1, -0.05) is 0 Å². The zero-order valence-corrected chi connectivity index (χ0v) is 49.6. The number of methoxy groups -OCH3 is 5. The van der Waals surface area contributed by atoms with Gasteiger partial charge in [-0.25, -0.2) is 14.4 Å². The number of aromatic nitrogens is 8. The van der Waals surface area contributed by atoms with Gasteiger partial charge in [-0.2, -0.15) is 9.97 Å². The molecular weight excluding hydrogens is 1070 g/mol. The molecule has 6 aromatic heterocycles. The number of likely N-dealkylation sites (tertiary alicyclic amines) is 2. The maximum Gasteiger partial charge on any atom is 0.254 e. The second kappa shape index (κ2) is 21.6. The normalized spacial score (nSPS) is 25.7. The molecule has 3 saturated carbocycles. The average Bonchev–Trinajstić information content (AvgIpc) is 2.08. The van der Waals surface area contributed by atoms with Crippen molar-refractivity contribution >= 4 is 55.9 Å². The van der Waals surface area contributed by atoms with Gasteiger partial charge in [-0.15, -0.1) is 0 Å². The summed E-state index contributed by atoms with van der Waals surface area (Å²) in [4.78, 5) is 52.9. The summed E-state index contributed by atoms with van der Waals surface area (Å²) >= 11 is 0. The van der Waals surface area contributed by atoms with Crippen molar-refractivity contribution in [3.8, 4) is 46.3 Å². The summed E-state index contributed by atoms with van der Waals surface area (Å²) in [6.45, 7) is 12.2. The molecule has 2 aromatic carbocycles. The molecule has 0 spiro atoms. The number of nitrogens with two attached hydrogens (primary N) is 1. The number of rotatable bonds is 19. The number of imidazole rings is 2. The number of piperidine rings is 2. The van der Waals surface area contributed by atoms with Crippen LogP contribution >= 0.6 is 0 Å². The fourth-order valence-corrected chi connectivity index (χ4v) is 15.0. The minimum Gasteiger partial charge on any atom is -0.494 e. The van der Waals surface area contributed by atoms with Crippen LogP contribution in [0.5, 0.6) is 23.3 Å². The summed E-state index contributed by atoms with van der Waals surface area (Å²) in [7, 11) is 8.43. The van der Waals surface area contributed by atoms with Crippen molar-refractivity contribution in [3.05, 3.63) is 71.8 Å². The fraction of sp³-hybridized carbons (Fsp3) is 0.524. The Morgan fingerprint density at radius 2 is 1.19 bits per heavy atom. The van der Waals surface area contributed by atoms with Crippen molar-refractivity contribution in [1.29, 1.82) is 0 Å². The molecule has 0 radical (unpaired) electrons. The maximum atomic E-state index is 14.9. The van der Waals surface area contributed by atoms with E-state index in [0.717, 1.165) is 94.7 Å². The molecule has 20 nitrogen and oxygen atoms in total. The topological polar surface area (TPSA) is 205 Å². The van der Waals surface area contributed by atoms with Crippen LogP contribution in [0.3, 0.4) is 0 Å². The standard InChI is InChI=1S/C63H77FN12O8/c1-10-72-47(20-37-13-16-51(81-7)69-56(37)72)58-68-45-19-41(23-50(80-6)55(45)76(58)30-36-27-63(4,28-36)83-9)61(78)74-31-39-12-15-46(74)53(39)66-34-84-52-17-14-38-21-48(73(11-2)57(38)70-52)59-67-44-18-40(60(77)71-32-42(64)24-43(65)33-71)22-49(79-5)54(44)75(59)29-35-25-62(3,26-35)82-8/h13-14,16-23,35-36,39,42-43,46,53,66H,10-12,15,24-34,65H2,1-9H3/t35-,36-,39-,42-,43-,46-,53-,62+,63+/m1/s1. The number of pyridine rings is 2. The molecule has 2 saturated heterocycles. The van der Waals surface area contributed by atoms with Gasteiger partial charge in [-0.3, -0.25) is 14.9 Å². The zero-order chi connectivity index (χ0) is 58.5. The first-order valence-electron chi connectivity index (χ1n) is 29.7. The lowest BCUT2D eigenvalue weighted by molar-refractivity contribution is -0.0939. The van der Waals surface area contributed by atoms with E-state index in [1.165, 1.54) is 4.90 Å². The van der Waals surface area contributed by atoms with Gasteiger partial charge in [0.1, 0.15) is 46.7 Å². The molecule has 8 heterocycles. The number of hydrogen-bond donors (Lipinski definition) is 2. The molecule has 0 unspecified atom stereocenters. The number of halogens is 1. The zero-order valence-electron chi connectivity index (χ0n) is 49.6. The predicted molar refractivity (Wildman–Crippen MR) is 318 cm³/mol. The Kier molecular flexibility index (Phi) is 14.4. The monoisotopic (exact) mass is 1150 g/mol. The summed E-state index contributed by atoms with van der Waals surface area (Å²) in [5.41, 5.74) is 13.0. The van der Waals surface area contributed by atoms with E-state index in [0.29, 0.717) is 90.0 Å². The van der Waals surface area contributed by atoms with Gasteiger partial charge in [0.05, 0.1) is 61.5 Å². The smallest absolute Gasteiger partial charge is 0.254 e. The van der Waals surface area contributed by atoms with Gasteiger partial charge in [0.25, 0.3) is 11.8 Å². The van der Waals surface area contributed by atoms with E-state index in [1.807, 2.05) is 41.3 Å². The third-order valence-electron chi connectivity index (χ3n) is 19.1. The van der Waals surface area contributed by atoms with E-state index in [2.05, 4.69) is 63.4 Å². The number of alkyl halides is 1. The predicted octanol–water partition coefficient (Wildman–Crippen LogP) is 8.86. The summed E-state index contributed by atoms with van der Waals surface area (Å²) in [6, 6.07) is 19.0. The van der Waals surface area contributed by atoms with Crippen LogP contribution in [0.25, 0.3) is 67.2 Å². The number of nitrogens with one attached hydrogen (secondary N) is 1. The van der Waals surface area contributed by atoms with Crippen LogP contribution in [-0.2, 0) is 35.7 Å². The highest BCUT2D eigenvalue weighted by molar-refractivity contribution is 6.02. The van der Waals surface area contributed by atoms with Crippen LogP contribution in [0, 0.1) is 17.8 Å². The van der Waals surface area contributed by atoms with E-state index >= 15 is 0 Å². The molecule has 2 bridgehead atoms. The number of ether oxygens (including phenoxy) is 6. The minimum atomic E-state index is -1.19. The fourth-order valence-electron chi connectivity index (χ4n) is 15.0. The van der Waals surface area contributed by atoms with Crippen molar-refractivity contribution in [3.63, 3.8) is 0 Å². The molecule has 2 aliphatic heterocycles. The lowest BCUT2D eigenvalue weighted by atomic mass is 9.72. The van der Waals surface area contributed by atoms with Crippen molar-refractivity contribution in [1.82, 2.24) is 53.3 Å². The van der Waals surface area contributed by atoms with E-state index in [1.54, 1.807) is 47.7 Å². The Hall–Kier alpha value is -7.33. The quantitative estimate of drug-likeness (QED) is 0.0726. The van der Waals surface area contributed by atoms with Gasteiger partial charge < -0.3 is 62.2 Å². The molecule has 2 amide bonds. The Morgan fingerprint density at radius 1 is 0.655 bits per heavy atom. The van der Waals surface area contributed by atoms with Crippen molar-refractivity contribution in [2.75, 3.05) is 61.9 Å². The Balaban J connectivity index is 0.752. The molecule has 21 heteroatoms. The number of aryl methyl sites for hydroxylation is 2. The second-order valence-electron chi connectivity index (χ2n) is 24.6. The maximum absolute atomic E-state index is 14.9. The van der Waals surface area contributed by atoms with Crippen LogP contribution in [0.4, 0.5) is 4.39 Å². The highest BCUT2D eigenvalue weighted by atomic mass is 19.1. The summed E-state index contributed by atoms with van der Waals surface area (Å²) in [5.74, 6) is 4.19. The number of nitrogens with zero attached hydrogens (tertiary/aromatic N) is 10. The highest BCUT2D eigenvalue weighted by Gasteiger charge is 2.49. The number of benzene rings is 2. The van der Waals surface area contributed by atoms with Crippen LogP contribution in [0.15, 0.2) is 60.7 Å². The molecule has 3 N–H and O–H groups in total. The summed E-state index contributed by atoms with van der Waals surface area (Å²) in [6.07, 6.45) is 4.52. The first-order chi connectivity index (χ1) is 40.6. The molecule has 5 atom stereocenters. The number of amides is 2. The summed E-state index contributed by atoms with van der Waals surface area (Å²) < 4.78 is 59.4. The minimum absolute atomic E-state index is 0.00939. The van der Waals surface area contributed by atoms with Crippen molar-refractivity contribution in [2.45, 2.75) is 134 Å². The van der Waals surface area contributed by atoms with E-state index < -0.39 is 12.2 Å². The SMILES string of the molecule is CCn1c(-c2nc3cc(C(=O)N4C[C@H]5CC[C@@H]4[C@@H]5NCOc4ccc5cc(-c6nc7cc(C(=O)N8C[C@H](N)C[C@@H](F)C8)cc(OC)c7n6C[C@H]6C[C@@](C)(OC)C6)n(CC)c5n4)cc(OC)c3n2C[C@H]2C[C@@](C)(OC)C2)cc2ccc(OC)nc21. The number of carbonyl (C=O) groups excluding carboxylic acids is 2. The van der Waals surface area contributed by atoms with Gasteiger partial charge in [0.15, 0.2) is 11.6 Å². The third-order valence-corrected chi connectivity index (χ3v) is 19.1. The molecule has 8 aromatic rings. The molecular formula is C63H77FN12O8. The molecule has 3 aliphatic carbocycles. The highest BCUT2D eigenvalue weighted by Crippen LogP contribution is 2.46. The van der Waals surface area contributed by atoms with Gasteiger partial charge in [-0.05, 0) is 139 Å². The van der Waals surface area contributed by atoms with Gasteiger partial charge in [0, 0.05) is 106 Å². The molecule has 5 aliphatic rings. The summed E-state index contributed by atoms with van der Waals surface area (Å²) in [5, 5.41) is 5.59. The van der Waals surface area contributed by atoms with E-state index in [4.69, 9.17) is 54.1 Å². The number of hydrogen-bond acceptors (Lipinski definition) is 14. The number of fused-ring (bicyclic) bond motifs is 6. The average molecular weight is 1150 g/mol. The Labute approximate surface area is 487 Å². The lowest BCUT2D eigenvalue weighted by Gasteiger charge is -2.44. The van der Waals surface area contributed by atoms with Crippen LogP contribution in [0.1, 0.15) is 93.4 Å². The van der Waals surface area contributed by atoms with Crippen molar-refractivity contribution in [2.24, 2.45) is 23.5 Å². The first kappa shape index (κ1) is 55.8. The van der Waals surface area contributed by atoms with E-state index in [9.17, 15) is 14.0 Å². The molecule has 84 heavy (non-hydrogen) atoms. The first-order valence-corrected chi connectivity index (χ1v) is 29.7. The van der Waals surface area contributed by atoms with Crippen molar-refractivity contribution < 1.29 is 42.4 Å².